The van der Waals surface area contributed by atoms with Gasteiger partial charge in [0.25, 0.3) is 10.2 Å². The molecule has 0 aliphatic heterocycles. The van der Waals surface area contributed by atoms with Gasteiger partial charge in [0.05, 0.1) is 18.9 Å². The lowest BCUT2D eigenvalue weighted by Gasteiger charge is -2.24. The number of carbonyl (C=O) groups is 1. The summed E-state index contributed by atoms with van der Waals surface area (Å²) in [6.45, 7) is 1.93. The zero-order chi connectivity index (χ0) is 24.6. The van der Waals surface area contributed by atoms with Crippen molar-refractivity contribution in [3.05, 3.63) is 72.1 Å². The topological polar surface area (TPSA) is 102 Å². The first kappa shape index (κ1) is 25.4. The highest BCUT2D eigenvalue weighted by atomic mass is 32.2. The average molecular weight is 488 g/mol. The van der Waals surface area contributed by atoms with Crippen molar-refractivity contribution in [3.8, 4) is 17.2 Å². The van der Waals surface area contributed by atoms with Gasteiger partial charge in [-0.25, -0.2) is 4.98 Å². The minimum Gasteiger partial charge on any atom is -0.493 e. The standard InChI is InChI=1S/C24H29N3O6S/c1-4-31-23(28)17-27(34(29,30)26(2)3)16-19-10-12-22(13-11-19)32-15-14-21-18-33-24(25-21)20-8-6-5-7-9-20/h5-13,18H,4,14-17H2,1-3H3. The molecule has 0 bridgehead atoms. The molecule has 182 valence electrons. The highest BCUT2D eigenvalue weighted by molar-refractivity contribution is 7.86. The number of esters is 1. The number of aromatic nitrogens is 1. The number of hydrogen-bond acceptors (Lipinski definition) is 7. The molecule has 10 heteroatoms. The maximum absolute atomic E-state index is 12.6. The summed E-state index contributed by atoms with van der Waals surface area (Å²) < 4.78 is 43.6. The SMILES string of the molecule is CCOC(=O)CN(Cc1ccc(OCCc2coc(-c3ccccc3)n2)cc1)S(=O)(=O)N(C)C. The highest BCUT2D eigenvalue weighted by Gasteiger charge is 2.27. The van der Waals surface area contributed by atoms with Crippen LogP contribution in [0, 0.1) is 0 Å². The van der Waals surface area contributed by atoms with Gasteiger partial charge < -0.3 is 13.9 Å². The van der Waals surface area contributed by atoms with E-state index < -0.39 is 16.2 Å². The Hall–Kier alpha value is -3.21. The molecule has 1 heterocycles. The molecule has 9 nitrogen and oxygen atoms in total. The van der Waals surface area contributed by atoms with Crippen molar-refractivity contribution in [2.45, 2.75) is 19.9 Å². The fourth-order valence-electron chi connectivity index (χ4n) is 3.10. The first-order valence-electron chi connectivity index (χ1n) is 10.8. The van der Waals surface area contributed by atoms with Gasteiger partial charge in [-0.15, -0.1) is 0 Å². The minimum atomic E-state index is -3.80. The van der Waals surface area contributed by atoms with Gasteiger partial charge in [-0.3, -0.25) is 4.79 Å². The van der Waals surface area contributed by atoms with E-state index in [0.717, 1.165) is 19.9 Å². The number of benzene rings is 2. The molecule has 0 atom stereocenters. The monoisotopic (exact) mass is 487 g/mol. The van der Waals surface area contributed by atoms with E-state index in [0.29, 0.717) is 30.2 Å². The fourth-order valence-corrected chi connectivity index (χ4v) is 4.15. The molecule has 3 rings (SSSR count). The van der Waals surface area contributed by atoms with E-state index in [9.17, 15) is 13.2 Å². The van der Waals surface area contributed by atoms with Crippen LogP contribution in [0.25, 0.3) is 11.5 Å². The number of hydrogen-bond donors (Lipinski definition) is 0. The van der Waals surface area contributed by atoms with Crippen molar-refractivity contribution in [1.82, 2.24) is 13.6 Å². The van der Waals surface area contributed by atoms with E-state index in [2.05, 4.69) is 4.98 Å². The molecule has 0 unspecified atom stereocenters. The maximum Gasteiger partial charge on any atom is 0.321 e. The van der Waals surface area contributed by atoms with Crippen molar-refractivity contribution < 1.29 is 27.1 Å². The third-order valence-corrected chi connectivity index (χ3v) is 6.71. The van der Waals surface area contributed by atoms with Crippen molar-refractivity contribution >= 4 is 16.2 Å². The van der Waals surface area contributed by atoms with E-state index in [4.69, 9.17) is 13.9 Å². The summed E-state index contributed by atoms with van der Waals surface area (Å²) in [6.07, 6.45) is 2.20. The van der Waals surface area contributed by atoms with E-state index >= 15 is 0 Å². The molecule has 1 aromatic heterocycles. The number of rotatable bonds is 12. The van der Waals surface area contributed by atoms with Gasteiger partial charge in [0.15, 0.2) is 0 Å². The van der Waals surface area contributed by atoms with Crippen LogP contribution in [0.4, 0.5) is 0 Å². The zero-order valence-corrected chi connectivity index (χ0v) is 20.3. The van der Waals surface area contributed by atoms with E-state index in [1.54, 1.807) is 37.5 Å². The van der Waals surface area contributed by atoms with Crippen molar-refractivity contribution in [1.29, 1.82) is 0 Å². The summed E-state index contributed by atoms with van der Waals surface area (Å²) >= 11 is 0. The van der Waals surface area contributed by atoms with Gasteiger partial charge in [-0.2, -0.15) is 17.0 Å². The predicted molar refractivity (Wildman–Crippen MR) is 127 cm³/mol. The quantitative estimate of drug-likeness (QED) is 0.362. The Labute approximate surface area is 200 Å². The number of ether oxygens (including phenoxy) is 2. The van der Waals surface area contributed by atoms with Crippen LogP contribution >= 0.6 is 0 Å². The Morgan fingerprint density at radius 3 is 2.41 bits per heavy atom. The molecule has 0 fully saturated rings. The summed E-state index contributed by atoms with van der Waals surface area (Å²) in [6, 6.07) is 16.7. The lowest BCUT2D eigenvalue weighted by Crippen LogP contribution is -2.42. The van der Waals surface area contributed by atoms with Crippen molar-refractivity contribution in [2.75, 3.05) is 33.9 Å². The molecular weight excluding hydrogens is 458 g/mol. The first-order valence-corrected chi connectivity index (χ1v) is 12.2. The van der Waals surface area contributed by atoms with E-state index in [-0.39, 0.29) is 19.7 Å². The molecule has 0 aliphatic rings. The summed E-state index contributed by atoms with van der Waals surface area (Å²) in [5, 5.41) is 0. The molecule has 3 aromatic rings. The summed E-state index contributed by atoms with van der Waals surface area (Å²) in [5.41, 5.74) is 2.42. The number of carbonyl (C=O) groups excluding carboxylic acids is 1. The summed E-state index contributed by atoms with van der Waals surface area (Å²) in [7, 11) is -0.967. The van der Waals surface area contributed by atoms with Crippen LogP contribution in [0.2, 0.25) is 0 Å². The van der Waals surface area contributed by atoms with Crippen LogP contribution in [0.3, 0.4) is 0 Å². The highest BCUT2D eigenvalue weighted by Crippen LogP contribution is 2.19. The lowest BCUT2D eigenvalue weighted by molar-refractivity contribution is -0.143. The Morgan fingerprint density at radius 1 is 1.06 bits per heavy atom. The summed E-state index contributed by atoms with van der Waals surface area (Å²) in [5.74, 6) is 0.610. The minimum absolute atomic E-state index is 0.0286. The summed E-state index contributed by atoms with van der Waals surface area (Å²) in [4.78, 5) is 16.4. The van der Waals surface area contributed by atoms with Crippen molar-refractivity contribution in [3.63, 3.8) is 0 Å². The van der Waals surface area contributed by atoms with Crippen LogP contribution in [0.5, 0.6) is 5.75 Å². The van der Waals surface area contributed by atoms with Gasteiger partial charge in [0, 0.05) is 32.6 Å². The molecule has 0 spiro atoms. The van der Waals surface area contributed by atoms with E-state index in [1.165, 1.54) is 14.1 Å². The normalized spacial score (nSPS) is 11.7. The first-order chi connectivity index (χ1) is 16.3. The second-order valence-corrected chi connectivity index (χ2v) is 9.76. The molecule has 0 amide bonds. The smallest absolute Gasteiger partial charge is 0.321 e. The van der Waals surface area contributed by atoms with E-state index in [1.807, 2.05) is 30.3 Å². The van der Waals surface area contributed by atoms with Gasteiger partial charge in [-0.1, -0.05) is 30.3 Å². The molecule has 2 aromatic carbocycles. The second kappa shape index (κ2) is 11.8. The second-order valence-electron chi connectivity index (χ2n) is 7.62. The Bertz CT molecular complexity index is 1160. The molecule has 0 N–H and O–H groups in total. The van der Waals surface area contributed by atoms with Crippen LogP contribution < -0.4 is 4.74 Å². The predicted octanol–water partition coefficient (Wildman–Crippen LogP) is 3.13. The largest absolute Gasteiger partial charge is 0.493 e. The molecule has 0 aliphatic carbocycles. The van der Waals surface area contributed by atoms with Crippen LogP contribution in [0.1, 0.15) is 18.2 Å². The van der Waals surface area contributed by atoms with Crippen LogP contribution in [0.15, 0.2) is 65.3 Å². The third-order valence-electron chi connectivity index (χ3n) is 4.88. The molecule has 34 heavy (non-hydrogen) atoms. The molecule has 0 radical (unpaired) electrons. The van der Waals surface area contributed by atoms with Gasteiger partial charge in [0.2, 0.25) is 5.89 Å². The third kappa shape index (κ3) is 6.89. The molecular formula is C24H29N3O6S. The fraction of sp³-hybridized carbons (Fsp3) is 0.333. The Balaban J connectivity index is 1.56. The molecule has 0 saturated carbocycles. The number of oxazole rings is 1. The zero-order valence-electron chi connectivity index (χ0n) is 19.5. The lowest BCUT2D eigenvalue weighted by atomic mass is 10.2. The average Bonchev–Trinajstić information content (AvgIpc) is 3.29. The van der Waals surface area contributed by atoms with Crippen molar-refractivity contribution in [2.24, 2.45) is 0 Å². The molecule has 0 saturated heterocycles. The van der Waals surface area contributed by atoms with Crippen LogP contribution in [-0.2, 0) is 32.7 Å². The number of nitrogens with zero attached hydrogens (tertiary/aromatic N) is 3. The van der Waals surface area contributed by atoms with Crippen LogP contribution in [-0.4, -0.2) is 61.8 Å². The van der Waals surface area contributed by atoms with Gasteiger partial charge in [0.1, 0.15) is 18.6 Å². The van der Waals surface area contributed by atoms with Gasteiger partial charge >= 0.3 is 5.97 Å². The Morgan fingerprint density at radius 2 is 1.76 bits per heavy atom. The van der Waals surface area contributed by atoms with Gasteiger partial charge in [-0.05, 0) is 36.8 Å². The Kier molecular flexibility index (Phi) is 8.80. The maximum atomic E-state index is 12.6.